The molecule has 2 amide bonds. The lowest BCUT2D eigenvalue weighted by atomic mass is 10.0. The number of carbonyl (C=O) groups excluding carboxylic acids is 3. The summed E-state index contributed by atoms with van der Waals surface area (Å²) in [6.45, 7) is 6.75. The summed E-state index contributed by atoms with van der Waals surface area (Å²) in [7, 11) is 3.46. The van der Waals surface area contributed by atoms with Gasteiger partial charge in [-0.3, -0.25) is 14.5 Å². The molecule has 2 aromatic rings. The fourth-order valence-electron chi connectivity index (χ4n) is 4.04. The number of hydrogen-bond donors (Lipinski definition) is 1. The van der Waals surface area contributed by atoms with Gasteiger partial charge in [-0.15, -0.1) is 11.3 Å². The smallest absolute Gasteiger partial charge is 0.341 e. The molecule has 1 unspecified atom stereocenters. The number of likely N-dealkylation sites (N-methyl/N-ethyl adjacent to an activating group) is 1. The number of benzene rings is 1. The van der Waals surface area contributed by atoms with Gasteiger partial charge in [0, 0.05) is 24.5 Å². The first-order chi connectivity index (χ1) is 15.2. The topological polar surface area (TPSA) is 79.0 Å². The highest BCUT2D eigenvalue weighted by Gasteiger charge is 2.33. The van der Waals surface area contributed by atoms with Crippen molar-refractivity contribution in [1.82, 2.24) is 9.80 Å². The van der Waals surface area contributed by atoms with Gasteiger partial charge in [-0.2, -0.15) is 0 Å². The van der Waals surface area contributed by atoms with Gasteiger partial charge in [0.1, 0.15) is 10.6 Å². The van der Waals surface area contributed by atoms with Gasteiger partial charge in [0.15, 0.2) is 0 Å². The number of aryl methyl sites for hydroxylation is 2. The van der Waals surface area contributed by atoms with E-state index >= 15 is 0 Å². The largest absolute Gasteiger partial charge is 0.462 e. The maximum Gasteiger partial charge on any atom is 0.341 e. The molecule has 1 N–H and O–H groups in total. The maximum absolute atomic E-state index is 12.9. The van der Waals surface area contributed by atoms with E-state index in [1.807, 2.05) is 43.0 Å². The van der Waals surface area contributed by atoms with Crippen LogP contribution in [-0.4, -0.2) is 67.4 Å². The third-order valence-electron chi connectivity index (χ3n) is 5.59. The molecule has 172 valence electrons. The molecule has 1 aliphatic rings. The minimum atomic E-state index is -0.454. The number of ether oxygens (including phenoxy) is 1. The van der Waals surface area contributed by atoms with Crippen molar-refractivity contribution in [3.63, 3.8) is 0 Å². The first kappa shape index (κ1) is 23.9. The molecule has 1 aromatic heterocycles. The summed E-state index contributed by atoms with van der Waals surface area (Å²) in [6, 6.07) is 7.65. The molecule has 32 heavy (non-hydrogen) atoms. The van der Waals surface area contributed by atoms with E-state index in [9.17, 15) is 14.4 Å². The Labute approximate surface area is 193 Å². The SMILES string of the molecule is CCOC(=O)c1c(NC(=O)CN2CCCC2C(=O)N(C)C)sc(C)c1-c1ccc(C)cc1. The molecular formula is C24H31N3O4S. The summed E-state index contributed by atoms with van der Waals surface area (Å²) in [6.07, 6.45) is 1.62. The summed E-state index contributed by atoms with van der Waals surface area (Å²) in [5.74, 6) is -0.689. The van der Waals surface area contributed by atoms with Crippen LogP contribution in [0.3, 0.4) is 0 Å². The lowest BCUT2D eigenvalue weighted by Crippen LogP contribution is -2.45. The van der Waals surface area contributed by atoms with E-state index in [1.165, 1.54) is 11.3 Å². The van der Waals surface area contributed by atoms with E-state index in [-0.39, 0.29) is 31.0 Å². The van der Waals surface area contributed by atoms with Crippen molar-refractivity contribution in [2.75, 3.05) is 39.1 Å². The van der Waals surface area contributed by atoms with Gasteiger partial charge in [0.25, 0.3) is 0 Å². The van der Waals surface area contributed by atoms with Gasteiger partial charge in [-0.05, 0) is 45.7 Å². The van der Waals surface area contributed by atoms with Gasteiger partial charge in [-0.1, -0.05) is 29.8 Å². The zero-order valence-corrected chi connectivity index (χ0v) is 20.2. The molecule has 0 radical (unpaired) electrons. The molecule has 7 nitrogen and oxygen atoms in total. The van der Waals surface area contributed by atoms with Gasteiger partial charge < -0.3 is 15.0 Å². The average molecular weight is 458 g/mol. The van der Waals surface area contributed by atoms with Crippen molar-refractivity contribution < 1.29 is 19.1 Å². The summed E-state index contributed by atoms with van der Waals surface area (Å²) >= 11 is 1.37. The molecule has 1 aliphatic heterocycles. The number of likely N-dealkylation sites (tertiary alicyclic amines) is 1. The fraction of sp³-hybridized carbons (Fsp3) is 0.458. The Balaban J connectivity index is 1.86. The van der Waals surface area contributed by atoms with Gasteiger partial charge in [0.05, 0.1) is 19.2 Å². The minimum Gasteiger partial charge on any atom is -0.462 e. The van der Waals surface area contributed by atoms with Crippen molar-refractivity contribution in [1.29, 1.82) is 0 Å². The van der Waals surface area contributed by atoms with Crippen LogP contribution < -0.4 is 5.32 Å². The first-order valence-electron chi connectivity index (χ1n) is 10.9. The number of anilines is 1. The molecule has 1 saturated heterocycles. The zero-order chi connectivity index (χ0) is 23.4. The van der Waals surface area contributed by atoms with E-state index in [2.05, 4.69) is 5.32 Å². The van der Waals surface area contributed by atoms with Gasteiger partial charge in [0.2, 0.25) is 11.8 Å². The Hall–Kier alpha value is -2.71. The highest BCUT2D eigenvalue weighted by Crippen LogP contribution is 2.40. The summed E-state index contributed by atoms with van der Waals surface area (Å²) < 4.78 is 5.31. The lowest BCUT2D eigenvalue weighted by molar-refractivity contribution is -0.133. The molecule has 0 aliphatic carbocycles. The monoisotopic (exact) mass is 457 g/mol. The molecule has 1 fully saturated rings. The van der Waals surface area contributed by atoms with Crippen LogP contribution in [-0.2, 0) is 14.3 Å². The Morgan fingerprint density at radius 2 is 1.88 bits per heavy atom. The van der Waals surface area contributed by atoms with Crippen molar-refractivity contribution in [3.8, 4) is 11.1 Å². The molecule has 0 spiro atoms. The van der Waals surface area contributed by atoms with Crippen LogP contribution in [0.4, 0.5) is 5.00 Å². The van der Waals surface area contributed by atoms with Crippen LogP contribution in [0.5, 0.6) is 0 Å². The third-order valence-corrected chi connectivity index (χ3v) is 6.61. The Bertz CT molecular complexity index is 997. The molecule has 0 saturated carbocycles. The normalized spacial score (nSPS) is 16.1. The predicted octanol–water partition coefficient (Wildman–Crippen LogP) is 3.70. The number of esters is 1. The second-order valence-electron chi connectivity index (χ2n) is 8.23. The van der Waals surface area contributed by atoms with Gasteiger partial charge in [-0.25, -0.2) is 4.79 Å². The van der Waals surface area contributed by atoms with E-state index in [1.54, 1.807) is 25.9 Å². The Morgan fingerprint density at radius 3 is 2.50 bits per heavy atom. The summed E-state index contributed by atoms with van der Waals surface area (Å²) in [5.41, 5.74) is 3.20. The lowest BCUT2D eigenvalue weighted by Gasteiger charge is -2.25. The van der Waals surface area contributed by atoms with Crippen molar-refractivity contribution in [2.45, 2.75) is 39.7 Å². The van der Waals surface area contributed by atoms with E-state index in [0.29, 0.717) is 17.1 Å². The van der Waals surface area contributed by atoms with Gasteiger partial charge >= 0.3 is 5.97 Å². The van der Waals surface area contributed by atoms with Crippen LogP contribution in [0, 0.1) is 13.8 Å². The summed E-state index contributed by atoms with van der Waals surface area (Å²) in [4.78, 5) is 42.6. The van der Waals surface area contributed by atoms with Crippen LogP contribution in [0.2, 0.25) is 0 Å². The third kappa shape index (κ3) is 5.19. The number of nitrogens with one attached hydrogen (secondary N) is 1. The minimum absolute atomic E-state index is 0.0103. The van der Waals surface area contributed by atoms with Crippen LogP contribution in [0.25, 0.3) is 11.1 Å². The van der Waals surface area contributed by atoms with Crippen LogP contribution >= 0.6 is 11.3 Å². The number of thiophene rings is 1. The van der Waals surface area contributed by atoms with Crippen LogP contribution in [0.15, 0.2) is 24.3 Å². The predicted molar refractivity (Wildman–Crippen MR) is 127 cm³/mol. The van der Waals surface area contributed by atoms with E-state index in [4.69, 9.17) is 4.74 Å². The Morgan fingerprint density at radius 1 is 1.19 bits per heavy atom. The number of nitrogens with zero attached hydrogens (tertiary/aromatic N) is 2. The van der Waals surface area contributed by atoms with Crippen molar-refractivity contribution in [2.24, 2.45) is 0 Å². The number of rotatable bonds is 7. The maximum atomic E-state index is 12.9. The molecular weight excluding hydrogens is 426 g/mol. The first-order valence-corrected chi connectivity index (χ1v) is 11.7. The molecule has 0 bridgehead atoms. The molecule has 3 rings (SSSR count). The second kappa shape index (κ2) is 10.3. The van der Waals surface area contributed by atoms with Crippen LogP contribution in [0.1, 0.15) is 40.6 Å². The highest BCUT2D eigenvalue weighted by atomic mass is 32.1. The number of hydrogen-bond acceptors (Lipinski definition) is 6. The van der Waals surface area contributed by atoms with E-state index < -0.39 is 5.97 Å². The van der Waals surface area contributed by atoms with E-state index in [0.717, 1.165) is 34.4 Å². The molecule has 2 heterocycles. The Kier molecular flexibility index (Phi) is 7.69. The molecule has 8 heteroatoms. The quantitative estimate of drug-likeness (QED) is 0.642. The van der Waals surface area contributed by atoms with Crippen molar-refractivity contribution in [3.05, 3.63) is 40.3 Å². The number of carbonyl (C=O) groups is 3. The number of amides is 2. The fourth-order valence-corrected chi connectivity index (χ4v) is 5.12. The molecule has 1 aromatic carbocycles. The second-order valence-corrected chi connectivity index (χ2v) is 9.46. The summed E-state index contributed by atoms with van der Waals surface area (Å²) in [5, 5.41) is 3.40. The zero-order valence-electron chi connectivity index (χ0n) is 19.4. The highest BCUT2D eigenvalue weighted by molar-refractivity contribution is 7.17. The standard InChI is InChI=1S/C24H31N3O4S/c1-6-31-24(30)21-20(17-11-9-15(2)10-12-17)16(3)32-22(21)25-19(28)14-27-13-7-8-18(27)23(29)26(4)5/h9-12,18H,6-8,13-14H2,1-5H3,(H,25,28). The van der Waals surface area contributed by atoms with Crippen molar-refractivity contribution >= 4 is 34.1 Å². The average Bonchev–Trinajstić information content (AvgIpc) is 3.32. The molecule has 1 atom stereocenters.